The molecule has 0 bridgehead atoms. The number of piperazine rings is 1. The molecule has 0 spiro atoms. The summed E-state index contributed by atoms with van der Waals surface area (Å²) in [5.74, 6) is 1.83. The van der Waals surface area contributed by atoms with Crippen LogP contribution in [0.15, 0.2) is 48.5 Å². The molecule has 142 valence electrons. The van der Waals surface area contributed by atoms with Gasteiger partial charge in [-0.1, -0.05) is 30.3 Å². The van der Waals surface area contributed by atoms with Crippen LogP contribution in [-0.2, 0) is 17.8 Å². The lowest BCUT2D eigenvalue weighted by molar-refractivity contribution is -0.917. The first kappa shape index (κ1) is 17.8. The largest absolute Gasteiger partial charge is 0.454 e. The van der Waals surface area contributed by atoms with Gasteiger partial charge < -0.3 is 25.0 Å². The number of quaternary nitrogens is 2. The molecule has 1 saturated heterocycles. The van der Waals surface area contributed by atoms with Crippen LogP contribution < -0.4 is 20.1 Å². The molecule has 4 rings (SSSR count). The normalized spacial score (nSPS) is 17.7. The van der Waals surface area contributed by atoms with E-state index in [1.165, 1.54) is 10.5 Å². The number of fused-ring (bicyclic) bond motifs is 1. The third kappa shape index (κ3) is 4.23. The predicted molar refractivity (Wildman–Crippen MR) is 100 cm³/mol. The molecule has 0 aliphatic carbocycles. The Bertz CT molecular complexity index is 789. The minimum absolute atomic E-state index is 0.168. The molecule has 0 saturated carbocycles. The van der Waals surface area contributed by atoms with Gasteiger partial charge in [-0.25, -0.2) is 0 Å². The molecule has 6 heteroatoms. The molecule has 0 radical (unpaired) electrons. The van der Waals surface area contributed by atoms with Crippen LogP contribution in [0.4, 0.5) is 0 Å². The fourth-order valence-electron chi connectivity index (χ4n) is 3.80. The molecule has 2 heterocycles. The summed E-state index contributed by atoms with van der Waals surface area (Å²) >= 11 is 0. The number of hydrogen-bond acceptors (Lipinski definition) is 3. The topological polar surface area (TPSA) is 70.9 Å². The minimum atomic E-state index is -0.220. The summed E-state index contributed by atoms with van der Waals surface area (Å²) in [6.07, 6.45) is 0.698. The maximum Gasteiger partial charge on any atom is 0.281 e. The fraction of sp³-hybridized carbons (Fsp3) is 0.381. The molecule has 2 aromatic carbocycles. The molecule has 0 unspecified atom stereocenters. The maximum atomic E-state index is 12.7. The lowest BCUT2D eigenvalue weighted by Crippen LogP contribution is -3.13. The number of benzene rings is 2. The Morgan fingerprint density at radius 2 is 1.78 bits per heavy atom. The number of hydrogen-bond donors (Lipinski definition) is 2. The van der Waals surface area contributed by atoms with Crippen molar-refractivity contribution in [3.63, 3.8) is 0 Å². The van der Waals surface area contributed by atoms with Gasteiger partial charge in [-0.05, 0) is 23.8 Å². The molecule has 27 heavy (non-hydrogen) atoms. The maximum absolute atomic E-state index is 12.7. The van der Waals surface area contributed by atoms with Gasteiger partial charge in [0, 0.05) is 12.0 Å². The summed E-state index contributed by atoms with van der Waals surface area (Å²) in [6.45, 7) is 4.74. The average molecular weight is 369 g/mol. The SMILES string of the molecule is [NH3+][C@@H](Cc1ccccc1)C(=O)N1CC[NH+](Cc2ccc3c(c2)OCO3)CC1. The van der Waals surface area contributed by atoms with Crippen molar-refractivity contribution in [2.24, 2.45) is 0 Å². The summed E-state index contributed by atoms with van der Waals surface area (Å²) in [6, 6.07) is 16.0. The Balaban J connectivity index is 1.27. The van der Waals surface area contributed by atoms with Crippen LogP contribution in [0.25, 0.3) is 0 Å². The second-order valence-electron chi connectivity index (χ2n) is 7.33. The highest BCUT2D eigenvalue weighted by Crippen LogP contribution is 2.32. The molecule has 1 atom stereocenters. The monoisotopic (exact) mass is 369 g/mol. The first-order valence-electron chi connectivity index (χ1n) is 9.57. The number of carbonyl (C=O) groups excluding carboxylic acids is 1. The zero-order valence-corrected chi connectivity index (χ0v) is 15.5. The Morgan fingerprint density at radius 3 is 2.56 bits per heavy atom. The van der Waals surface area contributed by atoms with E-state index in [9.17, 15) is 4.79 Å². The fourth-order valence-corrected chi connectivity index (χ4v) is 3.80. The Hall–Kier alpha value is -2.57. The van der Waals surface area contributed by atoms with Crippen LogP contribution in [0.3, 0.4) is 0 Å². The molecule has 1 fully saturated rings. The van der Waals surface area contributed by atoms with E-state index in [0.29, 0.717) is 13.2 Å². The molecule has 4 N–H and O–H groups in total. The van der Waals surface area contributed by atoms with Crippen LogP contribution in [0.5, 0.6) is 11.5 Å². The lowest BCUT2D eigenvalue weighted by Gasteiger charge is -2.33. The summed E-state index contributed by atoms with van der Waals surface area (Å²) in [5.41, 5.74) is 6.51. The summed E-state index contributed by atoms with van der Waals surface area (Å²) in [7, 11) is 0. The third-order valence-corrected chi connectivity index (χ3v) is 5.35. The number of rotatable bonds is 5. The molecular formula is C21H27N3O3+2. The second kappa shape index (κ2) is 7.98. The van der Waals surface area contributed by atoms with E-state index in [-0.39, 0.29) is 11.9 Å². The van der Waals surface area contributed by atoms with Gasteiger partial charge in [0.15, 0.2) is 17.5 Å². The van der Waals surface area contributed by atoms with E-state index in [4.69, 9.17) is 9.47 Å². The van der Waals surface area contributed by atoms with Crippen LogP contribution in [-0.4, -0.2) is 49.8 Å². The van der Waals surface area contributed by atoms with Gasteiger partial charge in [0.1, 0.15) is 6.54 Å². The van der Waals surface area contributed by atoms with Gasteiger partial charge in [0.2, 0.25) is 6.79 Å². The number of ether oxygens (including phenoxy) is 2. The van der Waals surface area contributed by atoms with Gasteiger partial charge in [-0.2, -0.15) is 0 Å². The van der Waals surface area contributed by atoms with Gasteiger partial charge in [-0.3, -0.25) is 4.79 Å². The van der Waals surface area contributed by atoms with E-state index in [1.807, 2.05) is 29.2 Å². The highest BCUT2D eigenvalue weighted by atomic mass is 16.7. The van der Waals surface area contributed by atoms with Crippen molar-refractivity contribution in [1.29, 1.82) is 0 Å². The minimum Gasteiger partial charge on any atom is -0.454 e. The van der Waals surface area contributed by atoms with Crippen molar-refractivity contribution in [3.8, 4) is 11.5 Å². The Morgan fingerprint density at radius 1 is 1.04 bits per heavy atom. The van der Waals surface area contributed by atoms with Crippen molar-refractivity contribution in [2.45, 2.75) is 19.0 Å². The number of carbonyl (C=O) groups is 1. The lowest BCUT2D eigenvalue weighted by atomic mass is 10.1. The first-order valence-corrected chi connectivity index (χ1v) is 9.57. The smallest absolute Gasteiger partial charge is 0.281 e. The second-order valence-corrected chi connectivity index (χ2v) is 7.33. The van der Waals surface area contributed by atoms with E-state index in [1.54, 1.807) is 0 Å². The van der Waals surface area contributed by atoms with Crippen LogP contribution in [0, 0.1) is 0 Å². The number of nitrogens with one attached hydrogen (secondary N) is 1. The highest BCUT2D eigenvalue weighted by molar-refractivity contribution is 5.80. The van der Waals surface area contributed by atoms with Gasteiger partial charge in [0.05, 0.1) is 26.2 Å². The molecule has 2 aliphatic heterocycles. The molecular weight excluding hydrogens is 342 g/mol. The molecule has 2 aliphatic rings. The van der Waals surface area contributed by atoms with Crippen molar-refractivity contribution in [3.05, 3.63) is 59.7 Å². The predicted octanol–water partition coefficient (Wildman–Crippen LogP) is -0.504. The van der Waals surface area contributed by atoms with Crippen LogP contribution in [0.2, 0.25) is 0 Å². The summed E-state index contributed by atoms with van der Waals surface area (Å²) in [4.78, 5) is 16.2. The van der Waals surface area contributed by atoms with E-state index >= 15 is 0 Å². The van der Waals surface area contributed by atoms with E-state index in [0.717, 1.165) is 49.8 Å². The van der Waals surface area contributed by atoms with Crippen molar-refractivity contribution in [2.75, 3.05) is 33.0 Å². The zero-order valence-electron chi connectivity index (χ0n) is 15.5. The Labute approximate surface area is 159 Å². The summed E-state index contributed by atoms with van der Waals surface area (Å²) in [5, 5.41) is 0. The molecule has 6 nitrogen and oxygen atoms in total. The van der Waals surface area contributed by atoms with Gasteiger partial charge in [0.25, 0.3) is 5.91 Å². The molecule has 1 amide bonds. The third-order valence-electron chi connectivity index (χ3n) is 5.35. The highest BCUT2D eigenvalue weighted by Gasteiger charge is 2.29. The molecule has 0 aromatic heterocycles. The zero-order chi connectivity index (χ0) is 18.6. The Kier molecular flexibility index (Phi) is 5.27. The standard InChI is InChI=1S/C21H25N3O3/c22-18(12-16-4-2-1-3-5-16)21(25)24-10-8-23(9-11-24)14-17-6-7-19-20(13-17)27-15-26-19/h1-7,13,18H,8-12,14-15,22H2/p+2/t18-/m0/s1. The van der Waals surface area contributed by atoms with Crippen molar-refractivity contribution in [1.82, 2.24) is 4.90 Å². The summed E-state index contributed by atoms with van der Waals surface area (Å²) < 4.78 is 10.8. The average Bonchev–Trinajstić information content (AvgIpc) is 3.16. The van der Waals surface area contributed by atoms with E-state index in [2.05, 4.69) is 30.0 Å². The number of amides is 1. The van der Waals surface area contributed by atoms with Crippen molar-refractivity contribution >= 4 is 5.91 Å². The van der Waals surface area contributed by atoms with Crippen molar-refractivity contribution < 1.29 is 24.9 Å². The van der Waals surface area contributed by atoms with Gasteiger partial charge in [-0.15, -0.1) is 0 Å². The van der Waals surface area contributed by atoms with E-state index < -0.39 is 0 Å². The van der Waals surface area contributed by atoms with Gasteiger partial charge >= 0.3 is 0 Å². The number of nitrogens with zero attached hydrogens (tertiary/aromatic N) is 1. The van der Waals surface area contributed by atoms with Crippen LogP contribution in [0.1, 0.15) is 11.1 Å². The quantitative estimate of drug-likeness (QED) is 0.746. The first-order chi connectivity index (χ1) is 13.2. The molecule has 2 aromatic rings. The van der Waals surface area contributed by atoms with Crippen LogP contribution >= 0.6 is 0 Å².